The molecule has 2 heterocycles. The van der Waals surface area contributed by atoms with Gasteiger partial charge in [-0.25, -0.2) is 0 Å². The standard InChI is InChI=1S/C11H12F3N3S2/c1-6(5-8-4-3-7(2)18-8)15-10-17-16-9(19-10)11(12,13)14/h3-4,6H,5H2,1-2H3,(H,15,17). The second-order valence-corrected chi connectivity index (χ2v) is 6.52. The van der Waals surface area contributed by atoms with Crippen molar-refractivity contribution in [3.63, 3.8) is 0 Å². The molecule has 1 unspecified atom stereocenters. The minimum absolute atomic E-state index is 0.00656. The monoisotopic (exact) mass is 307 g/mol. The van der Waals surface area contributed by atoms with Gasteiger partial charge in [0.05, 0.1) is 0 Å². The van der Waals surface area contributed by atoms with Crippen LogP contribution >= 0.6 is 22.7 Å². The molecule has 1 atom stereocenters. The smallest absolute Gasteiger partial charge is 0.357 e. The zero-order valence-corrected chi connectivity index (χ0v) is 11.9. The van der Waals surface area contributed by atoms with E-state index in [1.165, 1.54) is 9.75 Å². The Morgan fingerprint density at radius 1 is 1.26 bits per heavy atom. The van der Waals surface area contributed by atoms with Crippen molar-refractivity contribution in [1.29, 1.82) is 0 Å². The third-order valence-electron chi connectivity index (χ3n) is 2.34. The average Bonchev–Trinajstić information content (AvgIpc) is 2.87. The van der Waals surface area contributed by atoms with Crippen LogP contribution < -0.4 is 5.32 Å². The van der Waals surface area contributed by atoms with Gasteiger partial charge in [-0.05, 0) is 26.0 Å². The summed E-state index contributed by atoms with van der Waals surface area (Å²) in [5, 5.41) is 8.87. The first-order valence-electron chi connectivity index (χ1n) is 5.57. The lowest BCUT2D eigenvalue weighted by Gasteiger charge is -2.10. The van der Waals surface area contributed by atoms with E-state index < -0.39 is 11.2 Å². The Hall–Kier alpha value is -1.15. The van der Waals surface area contributed by atoms with Crippen LogP contribution in [0.25, 0.3) is 0 Å². The van der Waals surface area contributed by atoms with Crippen molar-refractivity contribution in [3.8, 4) is 0 Å². The van der Waals surface area contributed by atoms with Crippen molar-refractivity contribution in [3.05, 3.63) is 26.9 Å². The first kappa shape index (κ1) is 14.3. The average molecular weight is 307 g/mol. The molecule has 2 aromatic heterocycles. The molecule has 1 N–H and O–H groups in total. The van der Waals surface area contributed by atoms with Gasteiger partial charge in [0.1, 0.15) is 0 Å². The molecule has 0 aliphatic heterocycles. The maximum atomic E-state index is 12.4. The van der Waals surface area contributed by atoms with E-state index in [1.807, 2.05) is 26.0 Å². The van der Waals surface area contributed by atoms with Gasteiger partial charge >= 0.3 is 6.18 Å². The summed E-state index contributed by atoms with van der Waals surface area (Å²) in [5.41, 5.74) is 0. The molecule has 104 valence electrons. The van der Waals surface area contributed by atoms with Gasteiger partial charge in [0.25, 0.3) is 0 Å². The molecule has 0 saturated heterocycles. The van der Waals surface area contributed by atoms with Gasteiger partial charge in [0, 0.05) is 22.2 Å². The highest BCUT2D eigenvalue weighted by molar-refractivity contribution is 7.15. The van der Waals surface area contributed by atoms with Crippen molar-refractivity contribution >= 4 is 27.8 Å². The number of thiophene rings is 1. The van der Waals surface area contributed by atoms with E-state index in [0.717, 1.165) is 6.42 Å². The molecule has 19 heavy (non-hydrogen) atoms. The predicted molar refractivity (Wildman–Crippen MR) is 70.8 cm³/mol. The quantitative estimate of drug-likeness (QED) is 0.928. The lowest BCUT2D eigenvalue weighted by Crippen LogP contribution is -2.17. The number of halogens is 3. The molecule has 0 radical (unpaired) electrons. The summed E-state index contributed by atoms with van der Waals surface area (Å²) in [5.74, 6) is 0. The van der Waals surface area contributed by atoms with Gasteiger partial charge in [-0.1, -0.05) is 11.3 Å². The lowest BCUT2D eigenvalue weighted by atomic mass is 10.2. The summed E-state index contributed by atoms with van der Waals surface area (Å²) in [6.07, 6.45) is -3.68. The van der Waals surface area contributed by atoms with Gasteiger partial charge in [-0.3, -0.25) is 0 Å². The van der Waals surface area contributed by atoms with Gasteiger partial charge in [0.15, 0.2) is 0 Å². The van der Waals surface area contributed by atoms with Gasteiger partial charge in [-0.2, -0.15) is 13.2 Å². The van der Waals surface area contributed by atoms with Crippen molar-refractivity contribution in [2.75, 3.05) is 5.32 Å². The molecule has 0 fully saturated rings. The van der Waals surface area contributed by atoms with Crippen molar-refractivity contribution in [2.24, 2.45) is 0 Å². The topological polar surface area (TPSA) is 37.8 Å². The van der Waals surface area contributed by atoms with Crippen molar-refractivity contribution in [1.82, 2.24) is 10.2 Å². The lowest BCUT2D eigenvalue weighted by molar-refractivity contribution is -0.138. The molecular weight excluding hydrogens is 295 g/mol. The summed E-state index contributed by atoms with van der Waals surface area (Å²) in [7, 11) is 0. The Balaban J connectivity index is 1.95. The number of anilines is 1. The molecule has 2 rings (SSSR count). The summed E-state index contributed by atoms with van der Waals surface area (Å²) in [6, 6.07) is 4.06. The Labute approximate surface area is 116 Å². The third-order valence-corrected chi connectivity index (χ3v) is 4.26. The predicted octanol–water partition coefficient (Wildman–Crippen LogP) is 3.97. The van der Waals surface area contributed by atoms with E-state index in [1.54, 1.807) is 11.3 Å². The highest BCUT2D eigenvalue weighted by Gasteiger charge is 2.35. The maximum Gasteiger partial charge on any atom is 0.445 e. The summed E-state index contributed by atoms with van der Waals surface area (Å²) < 4.78 is 37.1. The van der Waals surface area contributed by atoms with Crippen LogP contribution in [0.2, 0.25) is 0 Å². The highest BCUT2D eigenvalue weighted by Crippen LogP contribution is 2.33. The first-order valence-corrected chi connectivity index (χ1v) is 7.20. The minimum atomic E-state index is -4.42. The SMILES string of the molecule is Cc1ccc(CC(C)Nc2nnc(C(F)(F)F)s2)s1. The van der Waals surface area contributed by atoms with E-state index in [2.05, 4.69) is 15.5 Å². The van der Waals surface area contributed by atoms with E-state index in [9.17, 15) is 13.2 Å². The van der Waals surface area contributed by atoms with Gasteiger partial charge in [-0.15, -0.1) is 21.5 Å². The number of nitrogens with one attached hydrogen (secondary N) is 1. The van der Waals surface area contributed by atoms with Crippen LogP contribution in [0.3, 0.4) is 0 Å². The Morgan fingerprint density at radius 2 is 2.00 bits per heavy atom. The second kappa shape index (κ2) is 5.46. The number of rotatable bonds is 4. The first-order chi connectivity index (χ1) is 8.84. The molecule has 8 heteroatoms. The van der Waals surface area contributed by atoms with Crippen molar-refractivity contribution in [2.45, 2.75) is 32.5 Å². The zero-order chi connectivity index (χ0) is 14.0. The molecule has 0 bridgehead atoms. The summed E-state index contributed by atoms with van der Waals surface area (Å²) in [6.45, 7) is 3.93. The number of hydrogen-bond donors (Lipinski definition) is 1. The molecular formula is C11H12F3N3S2. The number of aryl methyl sites for hydroxylation is 1. The Bertz CT molecular complexity index is 547. The summed E-state index contributed by atoms with van der Waals surface area (Å²) in [4.78, 5) is 2.41. The molecule has 0 aliphatic rings. The normalized spacial score (nSPS) is 13.5. The molecule has 0 amide bonds. The fraction of sp³-hybridized carbons (Fsp3) is 0.455. The van der Waals surface area contributed by atoms with Crippen LogP contribution in [-0.2, 0) is 12.6 Å². The van der Waals surface area contributed by atoms with Gasteiger partial charge in [0.2, 0.25) is 10.1 Å². The van der Waals surface area contributed by atoms with E-state index >= 15 is 0 Å². The number of alkyl halides is 3. The molecule has 0 aliphatic carbocycles. The number of hydrogen-bond acceptors (Lipinski definition) is 5. The van der Waals surface area contributed by atoms with Crippen LogP contribution in [0.1, 0.15) is 21.7 Å². The van der Waals surface area contributed by atoms with Crippen LogP contribution in [0.5, 0.6) is 0 Å². The highest BCUT2D eigenvalue weighted by atomic mass is 32.1. The van der Waals surface area contributed by atoms with E-state index in [-0.39, 0.29) is 11.2 Å². The molecule has 2 aromatic rings. The van der Waals surface area contributed by atoms with Crippen LogP contribution in [0.4, 0.5) is 18.3 Å². The Kier molecular flexibility index (Phi) is 4.10. The third kappa shape index (κ3) is 3.90. The summed E-state index contributed by atoms with van der Waals surface area (Å²) >= 11 is 2.21. The van der Waals surface area contributed by atoms with E-state index in [0.29, 0.717) is 11.3 Å². The fourth-order valence-corrected chi connectivity index (χ4v) is 3.30. The molecule has 3 nitrogen and oxygen atoms in total. The second-order valence-electron chi connectivity index (χ2n) is 4.17. The molecule has 0 saturated carbocycles. The maximum absolute atomic E-state index is 12.4. The van der Waals surface area contributed by atoms with Crippen molar-refractivity contribution < 1.29 is 13.2 Å². The Morgan fingerprint density at radius 3 is 2.53 bits per heavy atom. The number of aromatic nitrogens is 2. The molecule has 0 spiro atoms. The zero-order valence-electron chi connectivity index (χ0n) is 10.3. The minimum Gasteiger partial charge on any atom is -0.357 e. The fourth-order valence-electron chi connectivity index (χ4n) is 1.55. The van der Waals surface area contributed by atoms with Crippen LogP contribution in [0, 0.1) is 6.92 Å². The molecule has 0 aromatic carbocycles. The van der Waals surface area contributed by atoms with Crippen LogP contribution in [0.15, 0.2) is 12.1 Å². The van der Waals surface area contributed by atoms with Gasteiger partial charge < -0.3 is 5.32 Å². The number of nitrogens with zero attached hydrogens (tertiary/aromatic N) is 2. The van der Waals surface area contributed by atoms with E-state index in [4.69, 9.17) is 0 Å². The largest absolute Gasteiger partial charge is 0.445 e. The van der Waals surface area contributed by atoms with Crippen LogP contribution in [-0.4, -0.2) is 16.2 Å².